The zero-order valence-electron chi connectivity index (χ0n) is 10.4. The molecule has 0 spiro atoms. The zero-order chi connectivity index (χ0) is 13.2. The van der Waals surface area contributed by atoms with Gasteiger partial charge in [0.25, 0.3) is 0 Å². The minimum Gasteiger partial charge on any atom is -0.342 e. The molecule has 3 aromatic rings. The van der Waals surface area contributed by atoms with Gasteiger partial charge in [-0.3, -0.25) is 0 Å². The van der Waals surface area contributed by atoms with Crippen LogP contribution < -0.4 is 5.73 Å². The van der Waals surface area contributed by atoms with Crippen molar-refractivity contribution < 1.29 is 4.39 Å². The summed E-state index contributed by atoms with van der Waals surface area (Å²) in [6.45, 7) is 0.470. The Labute approximate surface area is 110 Å². The summed E-state index contributed by atoms with van der Waals surface area (Å²) in [5, 5.41) is 0. The maximum Gasteiger partial charge on any atom is 0.123 e. The molecule has 1 aromatic heterocycles. The Morgan fingerprint density at radius 2 is 1.89 bits per heavy atom. The highest BCUT2D eigenvalue weighted by atomic mass is 19.1. The fraction of sp³-hybridized carbons (Fsp3) is 0.133. The van der Waals surface area contributed by atoms with E-state index in [0.29, 0.717) is 13.0 Å². The van der Waals surface area contributed by atoms with E-state index in [0.717, 1.165) is 28.0 Å². The van der Waals surface area contributed by atoms with Crippen LogP contribution in [0.4, 0.5) is 4.39 Å². The summed E-state index contributed by atoms with van der Waals surface area (Å²) in [7, 11) is 0. The van der Waals surface area contributed by atoms with E-state index in [1.807, 2.05) is 18.2 Å². The number of nitrogens with two attached hydrogens (primary N) is 1. The van der Waals surface area contributed by atoms with Crippen LogP contribution in [0.15, 0.2) is 42.5 Å². The number of aromatic amines is 1. The Balaban J connectivity index is 1.95. The second kappa shape index (κ2) is 4.82. The van der Waals surface area contributed by atoms with Gasteiger partial charge in [0.2, 0.25) is 0 Å². The van der Waals surface area contributed by atoms with Gasteiger partial charge >= 0.3 is 0 Å². The van der Waals surface area contributed by atoms with Crippen LogP contribution in [0.3, 0.4) is 0 Å². The average Bonchev–Trinajstić information content (AvgIpc) is 2.83. The van der Waals surface area contributed by atoms with E-state index < -0.39 is 0 Å². The molecular weight excluding hydrogens is 241 g/mol. The highest BCUT2D eigenvalue weighted by Gasteiger charge is 2.07. The van der Waals surface area contributed by atoms with E-state index in [4.69, 9.17) is 5.73 Å². The summed E-state index contributed by atoms with van der Waals surface area (Å²) < 4.78 is 12.9. The van der Waals surface area contributed by atoms with Crippen molar-refractivity contribution in [3.63, 3.8) is 0 Å². The maximum absolute atomic E-state index is 12.9. The van der Waals surface area contributed by atoms with Crippen LogP contribution in [0, 0.1) is 5.82 Å². The molecule has 0 aliphatic heterocycles. The first-order chi connectivity index (χ1) is 9.26. The predicted molar refractivity (Wildman–Crippen MR) is 73.2 cm³/mol. The number of hydrogen-bond acceptors (Lipinski definition) is 2. The van der Waals surface area contributed by atoms with Crippen LogP contribution in [0.5, 0.6) is 0 Å². The quantitative estimate of drug-likeness (QED) is 0.756. The molecule has 3 nitrogen and oxygen atoms in total. The number of benzene rings is 2. The molecule has 0 bridgehead atoms. The third-order valence-electron chi connectivity index (χ3n) is 3.15. The second-order valence-corrected chi connectivity index (χ2v) is 4.50. The smallest absolute Gasteiger partial charge is 0.123 e. The molecule has 0 saturated carbocycles. The largest absolute Gasteiger partial charge is 0.342 e. The number of para-hydroxylation sites is 1. The standard InChI is InChI=1S/C15H14FN3/c16-12-6-4-10(5-7-12)8-14-18-13-3-1-2-11(9-17)15(13)19-14/h1-7H,8-9,17H2,(H,18,19). The van der Waals surface area contributed by atoms with Crippen molar-refractivity contribution in [1.29, 1.82) is 0 Å². The summed E-state index contributed by atoms with van der Waals surface area (Å²) in [5.41, 5.74) is 9.65. The monoisotopic (exact) mass is 255 g/mol. The van der Waals surface area contributed by atoms with Gasteiger partial charge in [0, 0.05) is 13.0 Å². The van der Waals surface area contributed by atoms with Crippen molar-refractivity contribution in [1.82, 2.24) is 9.97 Å². The fourth-order valence-electron chi connectivity index (χ4n) is 2.19. The van der Waals surface area contributed by atoms with Crippen LogP contribution in [0.1, 0.15) is 17.0 Å². The van der Waals surface area contributed by atoms with E-state index in [1.54, 1.807) is 12.1 Å². The van der Waals surface area contributed by atoms with Gasteiger partial charge in [-0.25, -0.2) is 9.37 Å². The molecule has 0 aliphatic rings. The normalized spacial score (nSPS) is 11.1. The van der Waals surface area contributed by atoms with E-state index in [1.165, 1.54) is 12.1 Å². The summed E-state index contributed by atoms with van der Waals surface area (Å²) >= 11 is 0. The summed E-state index contributed by atoms with van der Waals surface area (Å²) in [5.74, 6) is 0.640. The molecule has 19 heavy (non-hydrogen) atoms. The third kappa shape index (κ3) is 2.35. The highest BCUT2D eigenvalue weighted by molar-refractivity contribution is 5.78. The van der Waals surface area contributed by atoms with Crippen molar-refractivity contribution in [2.75, 3.05) is 0 Å². The SMILES string of the molecule is NCc1cccc2[nH]c(Cc3ccc(F)cc3)nc12. The number of fused-ring (bicyclic) bond motifs is 1. The molecule has 1 heterocycles. The number of aromatic nitrogens is 2. The van der Waals surface area contributed by atoms with Crippen molar-refractivity contribution in [2.24, 2.45) is 5.73 Å². The van der Waals surface area contributed by atoms with Crippen molar-refractivity contribution in [2.45, 2.75) is 13.0 Å². The van der Waals surface area contributed by atoms with Crippen LogP contribution in [-0.4, -0.2) is 9.97 Å². The van der Waals surface area contributed by atoms with Gasteiger partial charge in [-0.15, -0.1) is 0 Å². The Bertz CT molecular complexity index is 701. The summed E-state index contributed by atoms with van der Waals surface area (Å²) in [6.07, 6.45) is 0.652. The van der Waals surface area contributed by atoms with Crippen molar-refractivity contribution in [3.8, 4) is 0 Å². The number of H-pyrrole nitrogens is 1. The number of rotatable bonds is 3. The minimum absolute atomic E-state index is 0.223. The first-order valence-electron chi connectivity index (χ1n) is 6.17. The number of imidazole rings is 1. The Morgan fingerprint density at radius 1 is 1.11 bits per heavy atom. The van der Waals surface area contributed by atoms with Crippen LogP contribution in [-0.2, 0) is 13.0 Å². The van der Waals surface area contributed by atoms with Crippen LogP contribution >= 0.6 is 0 Å². The zero-order valence-corrected chi connectivity index (χ0v) is 10.4. The molecule has 0 aliphatic carbocycles. The number of nitrogens with one attached hydrogen (secondary N) is 1. The lowest BCUT2D eigenvalue weighted by Gasteiger charge is -1.97. The van der Waals surface area contributed by atoms with Gasteiger partial charge in [0.1, 0.15) is 11.6 Å². The van der Waals surface area contributed by atoms with E-state index >= 15 is 0 Å². The minimum atomic E-state index is -0.223. The van der Waals surface area contributed by atoms with Crippen LogP contribution in [0.2, 0.25) is 0 Å². The van der Waals surface area contributed by atoms with Gasteiger partial charge in [0.05, 0.1) is 11.0 Å². The second-order valence-electron chi connectivity index (χ2n) is 4.50. The number of hydrogen-bond donors (Lipinski definition) is 2. The molecule has 4 heteroatoms. The molecule has 2 aromatic carbocycles. The van der Waals surface area contributed by atoms with Crippen molar-refractivity contribution >= 4 is 11.0 Å². The molecule has 0 fully saturated rings. The van der Waals surface area contributed by atoms with Gasteiger partial charge in [-0.1, -0.05) is 24.3 Å². The molecule has 3 rings (SSSR count). The van der Waals surface area contributed by atoms with Crippen LogP contribution in [0.25, 0.3) is 11.0 Å². The summed E-state index contributed by atoms with van der Waals surface area (Å²) in [6, 6.07) is 12.4. The number of nitrogens with zero attached hydrogens (tertiary/aromatic N) is 1. The lowest BCUT2D eigenvalue weighted by molar-refractivity contribution is 0.627. The molecule has 3 N–H and O–H groups in total. The third-order valence-corrected chi connectivity index (χ3v) is 3.15. The van der Waals surface area contributed by atoms with Gasteiger partial charge in [-0.2, -0.15) is 0 Å². The van der Waals surface area contributed by atoms with E-state index in [-0.39, 0.29) is 5.82 Å². The van der Waals surface area contributed by atoms with Gasteiger partial charge < -0.3 is 10.7 Å². The number of halogens is 1. The Morgan fingerprint density at radius 3 is 2.63 bits per heavy atom. The van der Waals surface area contributed by atoms with E-state index in [2.05, 4.69) is 9.97 Å². The first kappa shape index (κ1) is 11.9. The maximum atomic E-state index is 12.9. The van der Waals surface area contributed by atoms with Gasteiger partial charge in [0.15, 0.2) is 0 Å². The molecule has 0 amide bonds. The predicted octanol–water partition coefficient (Wildman–Crippen LogP) is 2.75. The molecule has 0 unspecified atom stereocenters. The molecule has 0 radical (unpaired) electrons. The summed E-state index contributed by atoms with van der Waals surface area (Å²) in [4.78, 5) is 7.84. The molecule has 0 saturated heterocycles. The Kier molecular flexibility index (Phi) is 3.01. The molecule has 96 valence electrons. The molecular formula is C15H14FN3. The lowest BCUT2D eigenvalue weighted by atomic mass is 10.1. The first-order valence-corrected chi connectivity index (χ1v) is 6.17. The average molecular weight is 255 g/mol. The van der Waals surface area contributed by atoms with Gasteiger partial charge in [-0.05, 0) is 29.3 Å². The Hall–Kier alpha value is -2.20. The fourth-order valence-corrected chi connectivity index (χ4v) is 2.19. The molecule has 0 atom stereocenters. The van der Waals surface area contributed by atoms with E-state index in [9.17, 15) is 4.39 Å². The topological polar surface area (TPSA) is 54.7 Å². The lowest BCUT2D eigenvalue weighted by Crippen LogP contribution is -1.96. The highest BCUT2D eigenvalue weighted by Crippen LogP contribution is 2.17. The van der Waals surface area contributed by atoms with Crippen molar-refractivity contribution in [3.05, 3.63) is 65.2 Å².